The number of nitrogens with one attached hydrogen (secondary N) is 1. The zero-order valence-electron chi connectivity index (χ0n) is 9.67. The molecule has 0 unspecified atom stereocenters. The molecule has 1 saturated carbocycles. The third-order valence-electron chi connectivity index (χ3n) is 3.05. The zero-order valence-corrected chi connectivity index (χ0v) is 9.67. The van der Waals surface area contributed by atoms with Gasteiger partial charge in [0.1, 0.15) is 0 Å². The summed E-state index contributed by atoms with van der Waals surface area (Å²) < 4.78 is 5.09. The maximum atomic E-state index is 7.23. The third kappa shape index (κ3) is 5.14. The molecule has 0 aliphatic heterocycles. The van der Waals surface area contributed by atoms with Crippen LogP contribution >= 0.6 is 0 Å². The lowest BCUT2D eigenvalue weighted by molar-refractivity contribution is 0.122. The molecule has 0 aromatic rings. The molecule has 4 nitrogen and oxygen atoms in total. The summed E-state index contributed by atoms with van der Waals surface area (Å²) in [5.41, 5.74) is 5.37. The van der Waals surface area contributed by atoms with E-state index < -0.39 is 0 Å². The molecule has 1 aliphatic carbocycles. The molecule has 4 heteroatoms. The van der Waals surface area contributed by atoms with Crippen LogP contribution in [0.2, 0.25) is 0 Å². The molecule has 15 heavy (non-hydrogen) atoms. The molecule has 1 fully saturated rings. The quantitative estimate of drug-likeness (QED) is 0.468. The Morgan fingerprint density at radius 2 is 2.20 bits per heavy atom. The minimum atomic E-state index is 0.283. The second-order valence-corrected chi connectivity index (χ2v) is 4.37. The molecule has 0 aromatic carbocycles. The fourth-order valence-electron chi connectivity index (χ4n) is 1.83. The molecular formula is C11H23N3O. The van der Waals surface area contributed by atoms with E-state index in [1.165, 1.54) is 19.3 Å². The number of hydrogen-bond acceptors (Lipinski definition) is 3. The van der Waals surface area contributed by atoms with Gasteiger partial charge in [-0.1, -0.05) is 6.42 Å². The highest BCUT2D eigenvalue weighted by Crippen LogP contribution is 2.26. The van der Waals surface area contributed by atoms with E-state index in [0.717, 1.165) is 32.2 Å². The average Bonchev–Trinajstić information content (AvgIpc) is 2.13. The van der Waals surface area contributed by atoms with Crippen molar-refractivity contribution in [2.24, 2.45) is 11.7 Å². The van der Waals surface area contributed by atoms with Crippen LogP contribution in [-0.2, 0) is 4.74 Å². The first-order valence-electron chi connectivity index (χ1n) is 5.76. The van der Waals surface area contributed by atoms with Crippen LogP contribution in [-0.4, -0.2) is 44.1 Å². The van der Waals surface area contributed by atoms with E-state index in [4.69, 9.17) is 15.9 Å². The first-order valence-corrected chi connectivity index (χ1v) is 5.76. The fraction of sp³-hybridized carbons (Fsp3) is 0.909. The second-order valence-electron chi connectivity index (χ2n) is 4.37. The number of ether oxygens (including phenoxy) is 1. The van der Waals surface area contributed by atoms with E-state index in [-0.39, 0.29) is 5.84 Å². The van der Waals surface area contributed by atoms with Gasteiger partial charge in [0.15, 0.2) is 0 Å². The Hall–Kier alpha value is -0.610. The van der Waals surface area contributed by atoms with Crippen LogP contribution in [0.15, 0.2) is 0 Å². The molecule has 0 atom stereocenters. The minimum absolute atomic E-state index is 0.283. The lowest BCUT2D eigenvalue weighted by Gasteiger charge is -2.32. The molecule has 0 spiro atoms. The van der Waals surface area contributed by atoms with Crippen LogP contribution in [0.3, 0.4) is 0 Å². The van der Waals surface area contributed by atoms with Gasteiger partial charge in [0.2, 0.25) is 0 Å². The molecule has 1 rings (SSSR count). The van der Waals surface area contributed by atoms with Crippen LogP contribution in [0.1, 0.15) is 25.7 Å². The van der Waals surface area contributed by atoms with Crippen molar-refractivity contribution in [2.45, 2.75) is 25.7 Å². The normalized spacial score (nSPS) is 16.7. The number of nitrogens with zero attached hydrogens (tertiary/aromatic N) is 1. The Kier molecular flexibility index (Phi) is 5.65. The van der Waals surface area contributed by atoms with E-state index in [1.54, 1.807) is 7.11 Å². The van der Waals surface area contributed by atoms with Crippen molar-refractivity contribution in [3.8, 4) is 0 Å². The summed E-state index contributed by atoms with van der Waals surface area (Å²) in [6.45, 7) is 3.77. The van der Waals surface area contributed by atoms with Gasteiger partial charge in [0.05, 0.1) is 12.4 Å². The Bertz CT molecular complexity index is 192. The summed E-state index contributed by atoms with van der Waals surface area (Å²) >= 11 is 0. The monoisotopic (exact) mass is 213 g/mol. The molecule has 0 amide bonds. The van der Waals surface area contributed by atoms with Gasteiger partial charge >= 0.3 is 0 Å². The summed E-state index contributed by atoms with van der Waals surface area (Å²) in [7, 11) is 1.73. The van der Waals surface area contributed by atoms with Gasteiger partial charge in [0.25, 0.3) is 0 Å². The molecule has 0 heterocycles. The van der Waals surface area contributed by atoms with Gasteiger partial charge in [-0.15, -0.1) is 0 Å². The Morgan fingerprint density at radius 1 is 1.47 bits per heavy atom. The van der Waals surface area contributed by atoms with Gasteiger partial charge in [-0.3, -0.25) is 5.41 Å². The van der Waals surface area contributed by atoms with E-state index >= 15 is 0 Å². The molecule has 1 aliphatic rings. The number of amidine groups is 1. The van der Waals surface area contributed by atoms with Crippen LogP contribution in [0.25, 0.3) is 0 Å². The smallest absolute Gasteiger partial charge is 0.0918 e. The largest absolute Gasteiger partial charge is 0.388 e. The standard InChI is InChI=1S/C11H23N3O/c1-15-8-7-14(6-5-11(12)13)9-10-3-2-4-10/h10H,2-9H2,1H3,(H3,12,13). The van der Waals surface area contributed by atoms with E-state index in [1.807, 2.05) is 0 Å². The van der Waals surface area contributed by atoms with Crippen molar-refractivity contribution >= 4 is 5.84 Å². The SMILES string of the molecule is COCCN(CCC(=N)N)CC1CCC1. The third-order valence-corrected chi connectivity index (χ3v) is 3.05. The molecular weight excluding hydrogens is 190 g/mol. The molecule has 0 saturated heterocycles. The number of hydrogen-bond donors (Lipinski definition) is 2. The average molecular weight is 213 g/mol. The summed E-state index contributed by atoms with van der Waals surface area (Å²) in [5, 5.41) is 7.23. The van der Waals surface area contributed by atoms with E-state index in [9.17, 15) is 0 Å². The Labute approximate surface area is 92.3 Å². The fourth-order valence-corrected chi connectivity index (χ4v) is 1.83. The lowest BCUT2D eigenvalue weighted by Crippen LogP contribution is -2.36. The highest BCUT2D eigenvalue weighted by Gasteiger charge is 2.20. The van der Waals surface area contributed by atoms with Crippen molar-refractivity contribution in [2.75, 3.05) is 33.4 Å². The van der Waals surface area contributed by atoms with Crippen molar-refractivity contribution in [3.05, 3.63) is 0 Å². The highest BCUT2D eigenvalue weighted by molar-refractivity contribution is 5.76. The molecule has 88 valence electrons. The number of nitrogens with two attached hydrogens (primary N) is 1. The van der Waals surface area contributed by atoms with E-state index in [0.29, 0.717) is 6.42 Å². The Morgan fingerprint density at radius 3 is 2.67 bits per heavy atom. The topological polar surface area (TPSA) is 62.3 Å². The minimum Gasteiger partial charge on any atom is -0.388 e. The van der Waals surface area contributed by atoms with Crippen LogP contribution in [0.5, 0.6) is 0 Å². The second kappa shape index (κ2) is 6.80. The van der Waals surface area contributed by atoms with Crippen molar-refractivity contribution in [1.82, 2.24) is 4.90 Å². The lowest BCUT2D eigenvalue weighted by atomic mass is 9.85. The van der Waals surface area contributed by atoms with Crippen molar-refractivity contribution in [1.29, 1.82) is 5.41 Å². The van der Waals surface area contributed by atoms with Crippen LogP contribution < -0.4 is 5.73 Å². The van der Waals surface area contributed by atoms with Gasteiger partial charge in [-0.05, 0) is 18.8 Å². The highest BCUT2D eigenvalue weighted by atomic mass is 16.5. The van der Waals surface area contributed by atoms with E-state index in [2.05, 4.69) is 4.90 Å². The summed E-state index contributed by atoms with van der Waals surface area (Å²) in [6, 6.07) is 0. The summed E-state index contributed by atoms with van der Waals surface area (Å²) in [4.78, 5) is 2.37. The van der Waals surface area contributed by atoms with Crippen LogP contribution in [0.4, 0.5) is 0 Å². The number of methoxy groups -OCH3 is 1. The predicted molar refractivity (Wildman–Crippen MR) is 62.2 cm³/mol. The molecule has 3 N–H and O–H groups in total. The maximum absolute atomic E-state index is 7.23. The predicted octanol–water partition coefficient (Wildman–Crippen LogP) is 1.06. The van der Waals surface area contributed by atoms with Gasteiger partial charge in [0, 0.05) is 33.2 Å². The molecule has 0 bridgehead atoms. The molecule has 0 radical (unpaired) electrons. The van der Waals surface area contributed by atoms with Crippen molar-refractivity contribution in [3.63, 3.8) is 0 Å². The first-order chi connectivity index (χ1) is 7.22. The van der Waals surface area contributed by atoms with Gasteiger partial charge in [-0.2, -0.15) is 0 Å². The van der Waals surface area contributed by atoms with Gasteiger partial charge < -0.3 is 15.4 Å². The van der Waals surface area contributed by atoms with Crippen LogP contribution in [0, 0.1) is 11.3 Å². The van der Waals surface area contributed by atoms with Gasteiger partial charge in [-0.25, -0.2) is 0 Å². The summed E-state index contributed by atoms with van der Waals surface area (Å²) in [5.74, 6) is 1.15. The van der Waals surface area contributed by atoms with Crippen molar-refractivity contribution < 1.29 is 4.74 Å². The number of rotatable bonds is 8. The maximum Gasteiger partial charge on any atom is 0.0918 e. The first kappa shape index (κ1) is 12.5. The zero-order chi connectivity index (χ0) is 11.1. The molecule has 0 aromatic heterocycles. The summed E-state index contributed by atoms with van der Waals surface area (Å²) in [6.07, 6.45) is 4.79. The Balaban J connectivity index is 2.20.